The van der Waals surface area contributed by atoms with Crippen LogP contribution in [0.4, 0.5) is 5.82 Å². The molecular formula is C9H17N5O. The number of imidazole rings is 1. The number of rotatable bonds is 0. The van der Waals surface area contributed by atoms with Crippen LogP contribution in [-0.4, -0.2) is 19.9 Å². The highest BCUT2D eigenvalue weighted by molar-refractivity contribution is 5.80. The highest BCUT2D eigenvalue weighted by Gasteiger charge is 2.01. The largest absolute Gasteiger partial charge is 0.382 e. The Balaban J connectivity index is 0.000000442. The van der Waals surface area contributed by atoms with Crippen LogP contribution >= 0.6 is 0 Å². The third-order valence-corrected chi connectivity index (χ3v) is 1.35. The molecule has 2 rings (SSSR count). The number of nitrogens with zero attached hydrogens (tertiary/aromatic N) is 2. The van der Waals surface area contributed by atoms with E-state index in [1.165, 1.54) is 6.33 Å². The second-order valence-corrected chi connectivity index (χ2v) is 2.06. The lowest BCUT2D eigenvalue weighted by molar-refractivity contribution is 1.19. The Labute approximate surface area is 88.0 Å². The van der Waals surface area contributed by atoms with Gasteiger partial charge in [0.05, 0.1) is 0 Å². The minimum Gasteiger partial charge on any atom is -0.382 e. The molecule has 0 amide bonds. The van der Waals surface area contributed by atoms with Crippen LogP contribution in [0.15, 0.2) is 11.1 Å². The molecule has 0 aliphatic rings. The lowest BCUT2D eigenvalue weighted by Crippen LogP contribution is -1.99. The Hall–Kier alpha value is -1.85. The van der Waals surface area contributed by atoms with Gasteiger partial charge in [0.15, 0.2) is 11.5 Å². The first-order chi connectivity index (χ1) is 7.27. The van der Waals surface area contributed by atoms with Crippen LogP contribution in [0.1, 0.15) is 27.7 Å². The molecule has 0 atom stereocenters. The van der Waals surface area contributed by atoms with Gasteiger partial charge in [0.1, 0.15) is 11.8 Å². The van der Waals surface area contributed by atoms with E-state index in [1.54, 1.807) is 0 Å². The number of hydrogen-bond donors (Lipinski definition) is 3. The fourth-order valence-electron chi connectivity index (χ4n) is 0.870. The molecule has 6 nitrogen and oxygen atoms in total. The van der Waals surface area contributed by atoms with Crippen LogP contribution < -0.4 is 11.4 Å². The summed E-state index contributed by atoms with van der Waals surface area (Å²) in [4.78, 5) is 23.1. The molecule has 2 aromatic rings. The minimum absolute atomic E-state index is 0.272. The summed E-state index contributed by atoms with van der Waals surface area (Å²) >= 11 is 0. The predicted molar refractivity (Wildman–Crippen MR) is 61.6 cm³/mol. The van der Waals surface area contributed by atoms with Crippen molar-refractivity contribution < 1.29 is 0 Å². The van der Waals surface area contributed by atoms with Gasteiger partial charge >= 0.3 is 5.69 Å². The van der Waals surface area contributed by atoms with E-state index in [0.29, 0.717) is 11.2 Å². The predicted octanol–water partition coefficient (Wildman–Crippen LogP) is 1.28. The van der Waals surface area contributed by atoms with E-state index in [-0.39, 0.29) is 11.5 Å². The molecule has 2 aromatic heterocycles. The monoisotopic (exact) mass is 211 g/mol. The van der Waals surface area contributed by atoms with Crippen LogP contribution in [0.2, 0.25) is 0 Å². The van der Waals surface area contributed by atoms with E-state index in [0.717, 1.165) is 0 Å². The van der Waals surface area contributed by atoms with Gasteiger partial charge in [0.25, 0.3) is 0 Å². The van der Waals surface area contributed by atoms with E-state index in [4.69, 9.17) is 5.73 Å². The Kier molecular flexibility index (Phi) is 5.77. The van der Waals surface area contributed by atoms with Gasteiger partial charge in [-0.3, -0.25) is 4.98 Å². The molecule has 84 valence electrons. The molecule has 0 spiro atoms. The Morgan fingerprint density at radius 2 is 1.73 bits per heavy atom. The van der Waals surface area contributed by atoms with Crippen LogP contribution in [0.25, 0.3) is 11.2 Å². The summed E-state index contributed by atoms with van der Waals surface area (Å²) in [6.07, 6.45) is 1.29. The Morgan fingerprint density at radius 1 is 1.13 bits per heavy atom. The van der Waals surface area contributed by atoms with Gasteiger partial charge in [-0.15, -0.1) is 0 Å². The van der Waals surface area contributed by atoms with Crippen molar-refractivity contribution in [2.24, 2.45) is 0 Å². The first-order valence-corrected chi connectivity index (χ1v) is 4.96. The van der Waals surface area contributed by atoms with Crippen molar-refractivity contribution in [1.82, 2.24) is 19.9 Å². The van der Waals surface area contributed by atoms with E-state index in [1.807, 2.05) is 27.7 Å². The molecule has 0 aromatic carbocycles. The average Bonchev–Trinajstić information content (AvgIpc) is 2.66. The number of aromatic amines is 2. The zero-order valence-corrected chi connectivity index (χ0v) is 9.46. The summed E-state index contributed by atoms with van der Waals surface area (Å²) in [5.41, 5.74) is 5.99. The summed E-state index contributed by atoms with van der Waals surface area (Å²) < 4.78 is 0. The van der Waals surface area contributed by atoms with Gasteiger partial charge in [0, 0.05) is 0 Å². The minimum atomic E-state index is -0.327. The molecule has 0 aliphatic carbocycles. The third-order valence-electron chi connectivity index (χ3n) is 1.35. The fourth-order valence-corrected chi connectivity index (χ4v) is 0.870. The molecule has 4 N–H and O–H groups in total. The summed E-state index contributed by atoms with van der Waals surface area (Å²) in [5.74, 6) is 0.272. The van der Waals surface area contributed by atoms with E-state index >= 15 is 0 Å². The smallest absolute Gasteiger partial charge is 0.325 e. The first-order valence-electron chi connectivity index (χ1n) is 4.96. The molecule has 0 bridgehead atoms. The molecule has 0 saturated carbocycles. The maximum Gasteiger partial charge on any atom is 0.325 e. The molecule has 0 radical (unpaired) electrons. The highest BCUT2D eigenvalue weighted by Crippen LogP contribution is 2.07. The van der Waals surface area contributed by atoms with Gasteiger partial charge in [-0.25, -0.2) is 14.8 Å². The quantitative estimate of drug-likeness (QED) is 0.611. The topological polar surface area (TPSA) is 100 Å². The van der Waals surface area contributed by atoms with E-state index < -0.39 is 0 Å². The number of aromatic nitrogens is 4. The maximum atomic E-state index is 10.7. The summed E-state index contributed by atoms with van der Waals surface area (Å²) in [6.45, 7) is 8.00. The van der Waals surface area contributed by atoms with Crippen molar-refractivity contribution in [3.63, 3.8) is 0 Å². The van der Waals surface area contributed by atoms with Crippen molar-refractivity contribution in [1.29, 1.82) is 0 Å². The SMILES string of the molecule is CC.CC.Nc1ncnc2[nH]c(=O)[nH]c12. The van der Waals surface area contributed by atoms with Gasteiger partial charge in [-0.1, -0.05) is 27.7 Å². The summed E-state index contributed by atoms with van der Waals surface area (Å²) in [7, 11) is 0. The standard InChI is InChI=1S/C5H5N5O.2C2H6/c6-3-2-4(8-1-7-3)10-5(11)9-2;2*1-2/h1H,(H4,6,7,8,9,10,11);2*1-2H3. The molecule has 0 fully saturated rings. The van der Waals surface area contributed by atoms with Crippen LogP contribution in [0.3, 0.4) is 0 Å². The zero-order chi connectivity index (χ0) is 11.8. The van der Waals surface area contributed by atoms with Crippen molar-refractivity contribution >= 4 is 17.0 Å². The third kappa shape index (κ3) is 3.08. The van der Waals surface area contributed by atoms with Crippen LogP contribution in [-0.2, 0) is 0 Å². The fraction of sp³-hybridized carbons (Fsp3) is 0.444. The Bertz CT molecular complexity index is 445. The number of anilines is 1. The lowest BCUT2D eigenvalue weighted by Gasteiger charge is -1.89. The van der Waals surface area contributed by atoms with Gasteiger partial charge in [-0.2, -0.15) is 0 Å². The van der Waals surface area contributed by atoms with Gasteiger partial charge in [0.2, 0.25) is 0 Å². The van der Waals surface area contributed by atoms with Crippen molar-refractivity contribution in [2.45, 2.75) is 27.7 Å². The first kappa shape index (κ1) is 13.2. The van der Waals surface area contributed by atoms with E-state index in [2.05, 4.69) is 19.9 Å². The normalized spacial score (nSPS) is 8.53. The highest BCUT2D eigenvalue weighted by atomic mass is 16.1. The molecule has 15 heavy (non-hydrogen) atoms. The van der Waals surface area contributed by atoms with Crippen LogP contribution in [0.5, 0.6) is 0 Å². The second kappa shape index (κ2) is 6.58. The van der Waals surface area contributed by atoms with Crippen molar-refractivity contribution in [3.05, 3.63) is 16.8 Å². The molecular weight excluding hydrogens is 194 g/mol. The van der Waals surface area contributed by atoms with Gasteiger partial charge < -0.3 is 10.7 Å². The lowest BCUT2D eigenvalue weighted by atomic mass is 10.5. The number of hydrogen-bond acceptors (Lipinski definition) is 4. The number of H-pyrrole nitrogens is 2. The van der Waals surface area contributed by atoms with Crippen molar-refractivity contribution in [3.8, 4) is 0 Å². The summed E-state index contributed by atoms with van der Waals surface area (Å²) in [5, 5.41) is 0. The molecule has 0 saturated heterocycles. The number of nitrogen functional groups attached to an aromatic ring is 1. The molecule has 0 aliphatic heterocycles. The molecule has 2 heterocycles. The maximum absolute atomic E-state index is 10.7. The molecule has 0 unspecified atom stereocenters. The van der Waals surface area contributed by atoms with Gasteiger partial charge in [-0.05, 0) is 0 Å². The number of nitrogens with two attached hydrogens (primary N) is 1. The zero-order valence-electron chi connectivity index (χ0n) is 9.46. The summed E-state index contributed by atoms with van der Waals surface area (Å²) in [6, 6.07) is 0. The number of nitrogens with one attached hydrogen (secondary N) is 2. The van der Waals surface area contributed by atoms with Crippen molar-refractivity contribution in [2.75, 3.05) is 5.73 Å². The molecule has 6 heteroatoms. The number of fused-ring (bicyclic) bond motifs is 1. The second-order valence-electron chi connectivity index (χ2n) is 2.06. The average molecular weight is 211 g/mol. The van der Waals surface area contributed by atoms with E-state index in [9.17, 15) is 4.79 Å². The van der Waals surface area contributed by atoms with Crippen LogP contribution in [0, 0.1) is 0 Å². The Morgan fingerprint density at radius 3 is 2.27 bits per heavy atom.